The minimum atomic E-state index is -0.370. The van der Waals surface area contributed by atoms with Gasteiger partial charge in [-0.15, -0.1) is 0 Å². The van der Waals surface area contributed by atoms with Gasteiger partial charge < -0.3 is 9.47 Å². The first-order valence-corrected chi connectivity index (χ1v) is 6.80. The van der Waals surface area contributed by atoms with E-state index in [9.17, 15) is 4.79 Å². The van der Waals surface area contributed by atoms with Gasteiger partial charge in [-0.3, -0.25) is 4.79 Å². The van der Waals surface area contributed by atoms with Crippen LogP contribution in [0, 0.1) is 11.3 Å². The molecule has 0 bridgehead atoms. The van der Waals surface area contributed by atoms with Crippen molar-refractivity contribution in [3.05, 3.63) is 59.7 Å². The number of ether oxygens (including phenoxy) is 2. The molecule has 0 spiro atoms. The number of hydrogen-bond donors (Lipinski definition) is 1. The fourth-order valence-electron chi connectivity index (χ4n) is 1.68. The van der Waals surface area contributed by atoms with E-state index in [0.717, 1.165) is 5.56 Å². The summed E-state index contributed by atoms with van der Waals surface area (Å²) in [5.74, 6) is 0.913. The number of nitriles is 1. The van der Waals surface area contributed by atoms with Crippen LogP contribution in [0.3, 0.4) is 0 Å². The van der Waals surface area contributed by atoms with Crippen LogP contribution < -0.4 is 14.9 Å². The Morgan fingerprint density at radius 1 is 1.17 bits per heavy atom. The molecule has 23 heavy (non-hydrogen) atoms. The molecule has 2 aromatic rings. The number of carbonyl (C=O) groups excluding carboxylic acids is 1. The van der Waals surface area contributed by atoms with Crippen molar-refractivity contribution in [1.29, 1.82) is 5.26 Å². The highest BCUT2D eigenvalue weighted by Crippen LogP contribution is 2.16. The van der Waals surface area contributed by atoms with Gasteiger partial charge in [-0.25, -0.2) is 5.43 Å². The lowest BCUT2D eigenvalue weighted by molar-refractivity contribution is -0.123. The van der Waals surface area contributed by atoms with E-state index in [2.05, 4.69) is 10.5 Å². The molecule has 1 N–H and O–H groups in total. The number of methoxy groups -OCH3 is 1. The van der Waals surface area contributed by atoms with Crippen LogP contribution in [0.25, 0.3) is 0 Å². The molecule has 6 heteroatoms. The number of nitrogens with zero attached hydrogens (tertiary/aromatic N) is 2. The van der Waals surface area contributed by atoms with Crippen LogP contribution in [0.15, 0.2) is 53.6 Å². The van der Waals surface area contributed by atoms with E-state index in [-0.39, 0.29) is 12.5 Å². The molecule has 116 valence electrons. The third-order valence-corrected chi connectivity index (χ3v) is 2.87. The molecule has 0 heterocycles. The van der Waals surface area contributed by atoms with Gasteiger partial charge in [-0.2, -0.15) is 10.4 Å². The Morgan fingerprint density at radius 3 is 2.43 bits per heavy atom. The number of nitrogens with one attached hydrogen (secondary N) is 1. The summed E-state index contributed by atoms with van der Waals surface area (Å²) in [7, 11) is 1.58. The van der Waals surface area contributed by atoms with Gasteiger partial charge in [0.15, 0.2) is 6.61 Å². The summed E-state index contributed by atoms with van der Waals surface area (Å²) in [5, 5.41) is 12.5. The zero-order valence-corrected chi connectivity index (χ0v) is 12.5. The highest BCUT2D eigenvalue weighted by atomic mass is 16.5. The van der Waals surface area contributed by atoms with E-state index < -0.39 is 0 Å². The van der Waals surface area contributed by atoms with E-state index >= 15 is 0 Å². The van der Waals surface area contributed by atoms with E-state index in [1.165, 1.54) is 6.21 Å². The number of amides is 1. The minimum absolute atomic E-state index is 0.142. The Hall–Kier alpha value is -3.33. The quantitative estimate of drug-likeness (QED) is 0.654. The molecule has 0 aliphatic carbocycles. The van der Waals surface area contributed by atoms with Gasteiger partial charge in [0.1, 0.15) is 11.5 Å². The molecule has 0 aliphatic rings. The Balaban J connectivity index is 1.77. The fraction of sp³-hybridized carbons (Fsp3) is 0.118. The average Bonchev–Trinajstić information content (AvgIpc) is 2.61. The normalized spacial score (nSPS) is 10.1. The molecule has 0 aliphatic heterocycles. The van der Waals surface area contributed by atoms with Crippen LogP contribution >= 0.6 is 0 Å². The maximum Gasteiger partial charge on any atom is 0.277 e. The number of benzene rings is 2. The lowest BCUT2D eigenvalue weighted by Crippen LogP contribution is -2.24. The third kappa shape index (κ3) is 5.17. The van der Waals surface area contributed by atoms with Crippen LogP contribution in [0.2, 0.25) is 0 Å². The maximum atomic E-state index is 11.6. The molecule has 0 saturated heterocycles. The minimum Gasteiger partial charge on any atom is -0.497 e. The summed E-state index contributed by atoms with van der Waals surface area (Å²) in [6, 6.07) is 15.8. The summed E-state index contributed by atoms with van der Waals surface area (Å²) in [6.45, 7) is -0.142. The van der Waals surface area contributed by atoms with Gasteiger partial charge in [0, 0.05) is 0 Å². The Bertz CT molecular complexity index is 716. The van der Waals surface area contributed by atoms with Gasteiger partial charge >= 0.3 is 0 Å². The number of carbonyl (C=O) groups is 1. The van der Waals surface area contributed by atoms with Crippen LogP contribution in [0.5, 0.6) is 11.5 Å². The highest BCUT2D eigenvalue weighted by molar-refractivity contribution is 5.83. The van der Waals surface area contributed by atoms with Gasteiger partial charge in [0.25, 0.3) is 5.91 Å². The van der Waals surface area contributed by atoms with Crippen molar-refractivity contribution in [2.24, 2.45) is 5.10 Å². The van der Waals surface area contributed by atoms with Gasteiger partial charge in [-0.05, 0) is 42.0 Å². The van der Waals surface area contributed by atoms with Crippen molar-refractivity contribution < 1.29 is 14.3 Å². The van der Waals surface area contributed by atoms with E-state index in [4.69, 9.17) is 14.7 Å². The van der Waals surface area contributed by atoms with Crippen molar-refractivity contribution in [2.45, 2.75) is 0 Å². The number of hydrogen-bond acceptors (Lipinski definition) is 5. The molecule has 1 amide bonds. The molecule has 0 fully saturated rings. The molecular weight excluding hydrogens is 294 g/mol. The van der Waals surface area contributed by atoms with E-state index in [1.807, 2.05) is 6.07 Å². The molecule has 6 nitrogen and oxygen atoms in total. The number of hydrazone groups is 1. The van der Waals surface area contributed by atoms with Crippen LogP contribution in [0.1, 0.15) is 11.1 Å². The van der Waals surface area contributed by atoms with Crippen LogP contribution in [-0.2, 0) is 4.79 Å². The topological polar surface area (TPSA) is 83.7 Å². The first kappa shape index (κ1) is 16.0. The summed E-state index contributed by atoms with van der Waals surface area (Å²) in [4.78, 5) is 11.6. The zero-order valence-electron chi connectivity index (χ0n) is 12.5. The second-order valence-electron chi connectivity index (χ2n) is 4.49. The predicted octanol–water partition coefficient (Wildman–Crippen LogP) is 2.10. The number of rotatable bonds is 6. The van der Waals surface area contributed by atoms with Crippen molar-refractivity contribution >= 4 is 12.1 Å². The monoisotopic (exact) mass is 309 g/mol. The summed E-state index contributed by atoms with van der Waals surface area (Å²) in [5.41, 5.74) is 3.72. The predicted molar refractivity (Wildman–Crippen MR) is 85.4 cm³/mol. The Morgan fingerprint density at radius 2 is 1.83 bits per heavy atom. The molecule has 2 rings (SSSR count). The molecule has 0 unspecified atom stereocenters. The van der Waals surface area contributed by atoms with Gasteiger partial charge in [-0.1, -0.05) is 12.1 Å². The molecule has 0 radical (unpaired) electrons. The standard InChI is InChI=1S/C17H15N3O3/c1-22-15-6-8-16(9-7-15)23-12-17(21)20-19-11-14-4-2-13(10-18)3-5-14/h2-9,11H,12H2,1H3,(H,20,21)/b19-11+. The van der Waals surface area contributed by atoms with Gasteiger partial charge in [0.2, 0.25) is 0 Å². The zero-order chi connectivity index (χ0) is 16.5. The van der Waals surface area contributed by atoms with Crippen molar-refractivity contribution in [3.63, 3.8) is 0 Å². The van der Waals surface area contributed by atoms with Crippen molar-refractivity contribution in [1.82, 2.24) is 5.43 Å². The first-order chi connectivity index (χ1) is 11.2. The maximum absolute atomic E-state index is 11.6. The first-order valence-electron chi connectivity index (χ1n) is 6.80. The van der Waals surface area contributed by atoms with E-state index in [1.54, 1.807) is 55.6 Å². The smallest absolute Gasteiger partial charge is 0.277 e. The van der Waals surface area contributed by atoms with Crippen molar-refractivity contribution in [3.8, 4) is 17.6 Å². The highest BCUT2D eigenvalue weighted by Gasteiger charge is 2.01. The largest absolute Gasteiger partial charge is 0.497 e. The Labute approximate surface area is 134 Å². The molecule has 2 aromatic carbocycles. The summed E-state index contributed by atoms with van der Waals surface area (Å²) < 4.78 is 10.4. The summed E-state index contributed by atoms with van der Waals surface area (Å²) >= 11 is 0. The van der Waals surface area contributed by atoms with Gasteiger partial charge in [0.05, 0.1) is 25.0 Å². The van der Waals surface area contributed by atoms with Crippen molar-refractivity contribution in [2.75, 3.05) is 13.7 Å². The lowest BCUT2D eigenvalue weighted by atomic mass is 10.2. The lowest BCUT2D eigenvalue weighted by Gasteiger charge is -2.05. The SMILES string of the molecule is COc1ccc(OCC(=O)N/N=C/c2ccc(C#N)cc2)cc1. The van der Waals surface area contributed by atoms with Crippen LogP contribution in [0.4, 0.5) is 0 Å². The molecule has 0 aromatic heterocycles. The van der Waals surface area contributed by atoms with Crippen LogP contribution in [-0.4, -0.2) is 25.8 Å². The average molecular weight is 309 g/mol. The third-order valence-electron chi connectivity index (χ3n) is 2.87. The molecule has 0 saturated carbocycles. The fourth-order valence-corrected chi connectivity index (χ4v) is 1.68. The summed E-state index contributed by atoms with van der Waals surface area (Å²) in [6.07, 6.45) is 1.49. The molecule has 0 atom stereocenters. The van der Waals surface area contributed by atoms with E-state index in [0.29, 0.717) is 17.1 Å². The Kier molecular flexibility index (Phi) is 5.72. The second kappa shape index (κ2) is 8.20. The second-order valence-corrected chi connectivity index (χ2v) is 4.49. The molecular formula is C17H15N3O3.